The Morgan fingerprint density at radius 3 is 2.30 bits per heavy atom. The number of aromatic carboxylic acids is 1. The summed E-state index contributed by atoms with van der Waals surface area (Å²) in [6.45, 7) is 16.4. The molecular formula is C63H65N3O12S. The summed E-state index contributed by atoms with van der Waals surface area (Å²) in [7, 11) is 0. The molecule has 1 spiro atoms. The Morgan fingerprint density at radius 2 is 1.57 bits per heavy atom. The van der Waals surface area contributed by atoms with E-state index in [4.69, 9.17) is 30.8 Å². The topological polar surface area (TPSA) is 223 Å². The number of carboxylic acid groups (broad SMARTS) is 1. The molecule has 0 radical (unpaired) electrons. The maximum absolute atomic E-state index is 15.2. The van der Waals surface area contributed by atoms with Crippen LogP contribution in [0.25, 0.3) is 39.5 Å². The molecule has 1 saturated carbocycles. The highest BCUT2D eigenvalue weighted by Gasteiger charge is 2.81. The largest absolute Gasteiger partial charge is 0.508 e. The molecule has 16 heteroatoms. The van der Waals surface area contributed by atoms with Crippen molar-refractivity contribution in [3.63, 3.8) is 0 Å². The van der Waals surface area contributed by atoms with E-state index >= 15 is 4.79 Å². The molecule has 5 unspecified atom stereocenters. The lowest BCUT2D eigenvalue weighted by molar-refractivity contribution is -0.171. The van der Waals surface area contributed by atoms with Gasteiger partial charge in [-0.25, -0.2) is 4.79 Å². The van der Waals surface area contributed by atoms with Gasteiger partial charge in [0.05, 0.1) is 16.7 Å². The molecule has 3 aromatic carbocycles. The fourth-order valence-electron chi connectivity index (χ4n) is 12.3. The first-order valence-corrected chi connectivity index (χ1v) is 27.2. The maximum atomic E-state index is 15.2. The molecule has 3 aromatic rings. The number of carboxylic acids is 1. The van der Waals surface area contributed by atoms with E-state index in [0.29, 0.717) is 95.4 Å². The first-order valence-electron chi connectivity index (χ1n) is 26.8. The minimum Gasteiger partial charge on any atom is -0.508 e. The lowest BCUT2D eigenvalue weighted by atomic mass is 9.51. The molecule has 1 saturated heterocycles. The number of allylic oxidation sites excluding steroid dienone is 5. The standard InChI is InChI=1S/C63H65N3O12S/c1-33(2)12-11-23-61(8)24-22-43-52(69)51-53(70)46-28-36-29-49-60(6,7)78-62(56(36)71,63(46,49)77-55(51)44(54(43)76-61)17-13-34(3)4)25-21-35(5)57(72)64-26-9-10-27-65-59(79)66-37-14-18-40(45(30-37)58(73)74)50-41-19-15-38(67)31-47(41)75-48-32-39(68)16-20-42(48)50/h12-16,18-22,24,28,30-32,36,49,67,69H,9-11,17,23,25-27,29H2,1-8H3,(H,64,72)(H,73,74)(H2,65,66,79)/b35-21-. The number of Topliss-reactive ketones (excluding diaryl/α,β-unsaturated/α-hetero) is 2. The van der Waals surface area contributed by atoms with Gasteiger partial charge in [-0.15, -0.1) is 0 Å². The van der Waals surface area contributed by atoms with E-state index < -0.39 is 46.0 Å². The van der Waals surface area contributed by atoms with Crippen LogP contribution in [0.4, 0.5) is 5.69 Å². The van der Waals surface area contributed by atoms with Crippen LogP contribution in [0.2, 0.25) is 0 Å². The highest BCUT2D eigenvalue weighted by Crippen LogP contribution is 2.69. The fraction of sp³-hybridized carbons (Fsp3) is 0.365. The predicted molar refractivity (Wildman–Crippen MR) is 306 cm³/mol. The van der Waals surface area contributed by atoms with Gasteiger partial charge in [0.2, 0.25) is 5.91 Å². The zero-order valence-electron chi connectivity index (χ0n) is 45.6. The number of thiocarbonyl (C=S) groups is 1. The monoisotopic (exact) mass is 1090 g/mol. The number of benzene rings is 4. The first-order chi connectivity index (χ1) is 37.5. The van der Waals surface area contributed by atoms with Gasteiger partial charge in [0.15, 0.2) is 33.3 Å². The Bertz CT molecular complexity index is 3630. The number of ether oxygens (including phenoxy) is 3. The normalized spacial score (nSPS) is 22.9. The van der Waals surface area contributed by atoms with Crippen molar-refractivity contribution in [1.82, 2.24) is 10.6 Å². The summed E-state index contributed by atoms with van der Waals surface area (Å²) in [5, 5.41) is 42.6. The average molecular weight is 1090 g/mol. The van der Waals surface area contributed by atoms with Crippen LogP contribution in [0, 0.1) is 11.8 Å². The van der Waals surface area contributed by atoms with E-state index in [1.54, 1.807) is 43.3 Å². The van der Waals surface area contributed by atoms with Gasteiger partial charge in [-0.2, -0.15) is 0 Å². The van der Waals surface area contributed by atoms with Gasteiger partial charge in [0.1, 0.15) is 45.5 Å². The minimum absolute atomic E-state index is 0.0301. The van der Waals surface area contributed by atoms with Gasteiger partial charge >= 0.3 is 5.97 Å². The predicted octanol–water partition coefficient (Wildman–Crippen LogP) is 11.3. The summed E-state index contributed by atoms with van der Waals surface area (Å²) >= 11 is 5.57. The molecule has 15 nitrogen and oxygen atoms in total. The van der Waals surface area contributed by atoms with E-state index in [-0.39, 0.29) is 73.9 Å². The lowest BCUT2D eigenvalue weighted by Crippen LogP contribution is -2.72. The van der Waals surface area contributed by atoms with E-state index in [0.717, 1.165) is 12.0 Å². The number of phenols is 2. The molecule has 4 aliphatic heterocycles. The van der Waals surface area contributed by atoms with Crippen molar-refractivity contribution in [2.45, 2.75) is 123 Å². The summed E-state index contributed by atoms with van der Waals surface area (Å²) in [5.41, 5.74) is 0.849. The molecule has 4 bridgehead atoms. The molecule has 8 aliphatic rings. The number of aromatic hydroxyl groups is 2. The number of amides is 1. The van der Waals surface area contributed by atoms with Crippen molar-refractivity contribution in [3.05, 3.63) is 140 Å². The van der Waals surface area contributed by atoms with Crippen molar-refractivity contribution < 1.29 is 53.1 Å². The van der Waals surface area contributed by atoms with Crippen molar-refractivity contribution in [3.8, 4) is 45.4 Å². The fourth-order valence-corrected chi connectivity index (χ4v) is 12.5. The van der Waals surface area contributed by atoms with Gasteiger partial charge in [0.25, 0.3) is 0 Å². The van der Waals surface area contributed by atoms with Crippen LogP contribution >= 0.6 is 12.2 Å². The summed E-state index contributed by atoms with van der Waals surface area (Å²) in [6.07, 6.45) is 14.7. The molecule has 4 aliphatic carbocycles. The molecule has 2 fully saturated rings. The molecule has 4 heterocycles. The average Bonchev–Trinajstić information content (AvgIpc) is 1.79. The Hall–Kier alpha value is -7.82. The van der Waals surface area contributed by atoms with Crippen LogP contribution in [0.15, 0.2) is 116 Å². The van der Waals surface area contributed by atoms with E-state index in [1.807, 2.05) is 52.8 Å². The smallest absolute Gasteiger partial charge is 0.336 e. The second-order valence-corrected chi connectivity index (χ2v) is 23.1. The number of unbranched alkanes of at least 4 members (excludes halogenated alkanes) is 1. The zero-order valence-corrected chi connectivity index (χ0v) is 46.4. The van der Waals surface area contributed by atoms with Crippen LogP contribution < -0.4 is 30.9 Å². The van der Waals surface area contributed by atoms with Gasteiger partial charge in [-0.3, -0.25) is 19.2 Å². The second-order valence-electron chi connectivity index (χ2n) is 22.7. The van der Waals surface area contributed by atoms with E-state index in [1.165, 1.54) is 35.9 Å². The number of fused-ring (bicyclic) bond motifs is 4. The Labute approximate surface area is 463 Å². The number of carbonyl (C=O) groups excluding carboxylic acids is 3. The van der Waals surface area contributed by atoms with E-state index in [9.17, 15) is 34.5 Å². The number of hydrogen-bond donors (Lipinski definition) is 6. The molecule has 1 amide bonds. The molecule has 410 valence electrons. The quantitative estimate of drug-likeness (QED) is 0.0178. The third-order valence-corrected chi connectivity index (χ3v) is 16.4. The summed E-state index contributed by atoms with van der Waals surface area (Å²) in [6, 6.07) is 13.6. The number of rotatable bonds is 16. The van der Waals surface area contributed by atoms with Crippen LogP contribution in [0.5, 0.6) is 23.0 Å². The number of nitrogens with one attached hydrogen (secondary N) is 3. The van der Waals surface area contributed by atoms with Gasteiger partial charge < -0.3 is 49.9 Å². The number of hydrogen-bond acceptors (Lipinski definition) is 12. The second kappa shape index (κ2) is 20.4. The van der Waals surface area contributed by atoms with Crippen LogP contribution in [0.1, 0.15) is 126 Å². The third kappa shape index (κ3) is 9.51. The SMILES string of the molecule is CC(C)=CCCC1(C)C=Cc2c(O)c3c(c(CC=C(C)C)c2O1)OC12C(=CC4CC1C(C)(C)OC2(C/C=C(/C)C(=O)NCCCCNC(=S)Nc1ccc(-c2c5ccc(=O)cc-5oc5cc(O)ccc25)c(C(=O)O)c1)C4=O)C3=O. The van der Waals surface area contributed by atoms with Gasteiger partial charge in [-0.1, -0.05) is 41.5 Å². The Morgan fingerprint density at radius 1 is 0.835 bits per heavy atom. The van der Waals surface area contributed by atoms with Crippen LogP contribution in [-0.2, 0) is 20.7 Å². The van der Waals surface area contributed by atoms with Gasteiger partial charge in [0, 0.05) is 82.4 Å². The number of phenolic OH excluding ortho intramolecular Hbond substituents is 2. The Balaban J connectivity index is 0.816. The van der Waals surface area contributed by atoms with Crippen LogP contribution in [0.3, 0.4) is 0 Å². The third-order valence-electron chi connectivity index (χ3n) is 16.1. The maximum Gasteiger partial charge on any atom is 0.336 e. The number of ketones is 2. The molecule has 79 heavy (non-hydrogen) atoms. The van der Waals surface area contributed by atoms with E-state index in [2.05, 4.69) is 35.9 Å². The van der Waals surface area contributed by atoms with Crippen molar-refractivity contribution >= 4 is 63.5 Å². The van der Waals surface area contributed by atoms with Gasteiger partial charge in [-0.05, 0) is 160 Å². The molecule has 0 aromatic heterocycles. The molecular weight excluding hydrogens is 1020 g/mol. The van der Waals surface area contributed by atoms with Crippen molar-refractivity contribution in [2.75, 3.05) is 18.4 Å². The Kier molecular flexibility index (Phi) is 14.1. The zero-order chi connectivity index (χ0) is 56.5. The summed E-state index contributed by atoms with van der Waals surface area (Å²) in [5.74, 6) is -2.66. The van der Waals surface area contributed by atoms with Crippen molar-refractivity contribution in [1.29, 1.82) is 0 Å². The summed E-state index contributed by atoms with van der Waals surface area (Å²) in [4.78, 5) is 68.8. The molecule has 6 N–H and O–H groups in total. The minimum atomic E-state index is -1.67. The number of anilines is 1. The molecule has 11 rings (SSSR count). The first kappa shape index (κ1) is 54.5. The van der Waals surface area contributed by atoms with Crippen LogP contribution in [-0.4, -0.2) is 79.4 Å². The highest BCUT2D eigenvalue weighted by atomic mass is 32.1. The highest BCUT2D eigenvalue weighted by molar-refractivity contribution is 7.80. The lowest BCUT2D eigenvalue weighted by Gasteiger charge is -2.56. The summed E-state index contributed by atoms with van der Waals surface area (Å²) < 4.78 is 27.1. The number of carbonyl (C=O) groups is 4. The molecule has 5 atom stereocenters. The van der Waals surface area contributed by atoms with Crippen molar-refractivity contribution in [2.24, 2.45) is 11.8 Å².